The third-order valence-electron chi connectivity index (χ3n) is 3.66. The molecule has 0 radical (unpaired) electrons. The summed E-state index contributed by atoms with van der Waals surface area (Å²) in [5.74, 6) is -0.656. The van der Waals surface area contributed by atoms with E-state index in [1.54, 1.807) is 24.3 Å². The summed E-state index contributed by atoms with van der Waals surface area (Å²) >= 11 is 17.5. The van der Waals surface area contributed by atoms with Gasteiger partial charge in [0.25, 0.3) is 5.91 Å². The number of amides is 2. The van der Waals surface area contributed by atoms with Gasteiger partial charge < -0.3 is 15.8 Å². The number of nitrogens with one attached hydrogen (secondary N) is 2. The van der Waals surface area contributed by atoms with E-state index in [0.29, 0.717) is 23.6 Å². The average molecular weight is 440 g/mol. The molecule has 2 aromatic rings. The van der Waals surface area contributed by atoms with Crippen molar-refractivity contribution >= 4 is 58.0 Å². The molecular formula is C19H19Cl2N3O3S. The van der Waals surface area contributed by atoms with Gasteiger partial charge in [0.15, 0.2) is 10.9 Å². The number of unbranched alkanes of at least 4 members (excludes halogenated alkanes) is 1. The summed E-state index contributed by atoms with van der Waals surface area (Å²) in [4.78, 5) is 23.5. The molecule has 0 bridgehead atoms. The zero-order valence-electron chi connectivity index (χ0n) is 15.1. The molecule has 0 atom stereocenters. The van der Waals surface area contributed by atoms with Gasteiger partial charge in [0, 0.05) is 16.8 Å². The Morgan fingerprint density at radius 1 is 1.11 bits per heavy atom. The van der Waals surface area contributed by atoms with Crippen LogP contribution in [0.4, 0.5) is 5.69 Å². The number of thiocarbonyl (C=S) groups is 1. The average Bonchev–Trinajstić information content (AvgIpc) is 2.64. The topological polar surface area (TPSA) is 93.4 Å². The van der Waals surface area contributed by atoms with Gasteiger partial charge in [-0.1, -0.05) is 36.5 Å². The van der Waals surface area contributed by atoms with Gasteiger partial charge >= 0.3 is 0 Å². The van der Waals surface area contributed by atoms with Crippen molar-refractivity contribution < 1.29 is 14.3 Å². The quantitative estimate of drug-likeness (QED) is 0.439. The fraction of sp³-hybridized carbons (Fsp3) is 0.211. The minimum Gasteiger partial charge on any atom is -0.490 e. The molecule has 0 aliphatic rings. The van der Waals surface area contributed by atoms with Gasteiger partial charge in [-0.15, -0.1) is 0 Å². The van der Waals surface area contributed by atoms with Crippen LogP contribution in [0.1, 0.15) is 40.5 Å². The number of halogens is 2. The van der Waals surface area contributed by atoms with Gasteiger partial charge in [-0.3, -0.25) is 14.9 Å². The van der Waals surface area contributed by atoms with Crippen LogP contribution in [-0.2, 0) is 0 Å². The first kappa shape index (κ1) is 21.9. The molecule has 0 fully saturated rings. The number of rotatable bonds is 7. The van der Waals surface area contributed by atoms with Gasteiger partial charge in [0.05, 0.1) is 16.7 Å². The smallest absolute Gasteiger partial charge is 0.257 e. The first-order valence-corrected chi connectivity index (χ1v) is 9.62. The summed E-state index contributed by atoms with van der Waals surface area (Å²) in [5, 5.41) is 5.95. The number of primary amides is 1. The van der Waals surface area contributed by atoms with Crippen LogP contribution in [0.3, 0.4) is 0 Å². The molecule has 0 saturated carbocycles. The summed E-state index contributed by atoms with van der Waals surface area (Å²) < 4.78 is 5.56. The van der Waals surface area contributed by atoms with Crippen LogP contribution < -0.4 is 21.1 Å². The molecule has 0 aliphatic heterocycles. The molecule has 0 heterocycles. The molecule has 2 aromatic carbocycles. The fourth-order valence-corrected chi connectivity index (χ4v) is 3.01. The predicted octanol–water partition coefficient (Wildman–Crippen LogP) is 4.40. The molecule has 0 unspecified atom stereocenters. The lowest BCUT2D eigenvalue weighted by molar-refractivity contribution is 0.0975. The molecule has 2 amide bonds. The predicted molar refractivity (Wildman–Crippen MR) is 116 cm³/mol. The van der Waals surface area contributed by atoms with Crippen LogP contribution in [0, 0.1) is 0 Å². The van der Waals surface area contributed by atoms with E-state index in [4.69, 9.17) is 45.9 Å². The fourth-order valence-electron chi connectivity index (χ4n) is 2.20. The van der Waals surface area contributed by atoms with E-state index in [1.165, 1.54) is 12.1 Å². The van der Waals surface area contributed by atoms with E-state index >= 15 is 0 Å². The molecular weight excluding hydrogens is 421 g/mol. The number of hydrogen-bond acceptors (Lipinski definition) is 4. The Hall–Kier alpha value is -2.35. The Kier molecular flexibility index (Phi) is 8.04. The van der Waals surface area contributed by atoms with Crippen molar-refractivity contribution in [1.29, 1.82) is 0 Å². The Morgan fingerprint density at radius 3 is 2.25 bits per heavy atom. The molecule has 2 rings (SSSR count). The molecule has 9 heteroatoms. The molecule has 0 saturated heterocycles. The van der Waals surface area contributed by atoms with E-state index in [0.717, 1.165) is 12.8 Å². The van der Waals surface area contributed by atoms with Crippen LogP contribution in [0.5, 0.6) is 5.75 Å². The monoisotopic (exact) mass is 439 g/mol. The maximum absolute atomic E-state index is 12.4. The second-order valence-corrected chi connectivity index (χ2v) is 7.04. The maximum atomic E-state index is 12.4. The molecule has 148 valence electrons. The van der Waals surface area contributed by atoms with Crippen LogP contribution in [0.15, 0.2) is 36.4 Å². The largest absolute Gasteiger partial charge is 0.490 e. The molecule has 28 heavy (non-hydrogen) atoms. The molecule has 0 spiro atoms. The highest BCUT2D eigenvalue weighted by Gasteiger charge is 2.15. The number of benzene rings is 2. The lowest BCUT2D eigenvalue weighted by atomic mass is 10.2. The number of hydrogen-bond donors (Lipinski definition) is 3. The third-order valence-corrected chi connectivity index (χ3v) is 4.42. The molecule has 6 nitrogen and oxygen atoms in total. The summed E-state index contributed by atoms with van der Waals surface area (Å²) in [5.41, 5.74) is 6.39. The van der Waals surface area contributed by atoms with E-state index in [1.807, 2.05) is 6.92 Å². The van der Waals surface area contributed by atoms with Gasteiger partial charge in [0.2, 0.25) is 5.91 Å². The number of nitrogens with two attached hydrogens (primary N) is 1. The second-order valence-electron chi connectivity index (χ2n) is 5.82. The maximum Gasteiger partial charge on any atom is 0.257 e. The van der Waals surface area contributed by atoms with Gasteiger partial charge in [0.1, 0.15) is 0 Å². The van der Waals surface area contributed by atoms with Crippen LogP contribution in [0.2, 0.25) is 10.0 Å². The molecule has 4 N–H and O–H groups in total. The van der Waals surface area contributed by atoms with Crippen molar-refractivity contribution in [3.8, 4) is 5.75 Å². The normalized spacial score (nSPS) is 10.2. The summed E-state index contributed by atoms with van der Waals surface area (Å²) in [7, 11) is 0. The van der Waals surface area contributed by atoms with Crippen molar-refractivity contribution in [2.24, 2.45) is 5.73 Å². The van der Waals surface area contributed by atoms with Crippen molar-refractivity contribution in [2.45, 2.75) is 19.8 Å². The van der Waals surface area contributed by atoms with Gasteiger partial charge in [-0.2, -0.15) is 0 Å². The Morgan fingerprint density at radius 2 is 1.71 bits per heavy atom. The Bertz CT molecular complexity index is 865. The molecule has 0 aliphatic carbocycles. The minimum atomic E-state index is -0.529. The van der Waals surface area contributed by atoms with E-state index in [-0.39, 0.29) is 20.7 Å². The first-order chi connectivity index (χ1) is 13.3. The zero-order valence-corrected chi connectivity index (χ0v) is 17.4. The lowest BCUT2D eigenvalue weighted by Gasteiger charge is -2.13. The first-order valence-electron chi connectivity index (χ1n) is 8.45. The second kappa shape index (κ2) is 10.3. The van der Waals surface area contributed by atoms with Crippen molar-refractivity contribution in [2.75, 3.05) is 11.9 Å². The summed E-state index contributed by atoms with van der Waals surface area (Å²) in [6, 6.07) is 9.27. The number of carbonyl (C=O) groups excluding carboxylic acids is 2. The highest BCUT2D eigenvalue weighted by atomic mass is 35.5. The van der Waals surface area contributed by atoms with Gasteiger partial charge in [-0.05, 0) is 55.0 Å². The van der Waals surface area contributed by atoms with Crippen molar-refractivity contribution in [3.05, 3.63) is 57.6 Å². The van der Waals surface area contributed by atoms with Gasteiger partial charge in [-0.25, -0.2) is 0 Å². The third kappa shape index (κ3) is 6.09. The highest BCUT2D eigenvalue weighted by Crippen LogP contribution is 2.34. The molecule has 0 aromatic heterocycles. The zero-order chi connectivity index (χ0) is 20.7. The van der Waals surface area contributed by atoms with E-state index in [9.17, 15) is 9.59 Å². The standard InChI is InChI=1S/C19H19Cl2N3O3S/c1-2-3-8-27-16-14(20)9-12(10-15(16)21)18(26)24-19(28)23-13-6-4-11(5-7-13)17(22)25/h4-7,9-10H,2-3,8H2,1H3,(H2,22,25)(H2,23,24,26,28). The number of carbonyl (C=O) groups is 2. The SMILES string of the molecule is CCCCOc1c(Cl)cc(C(=O)NC(=S)Nc2ccc(C(N)=O)cc2)cc1Cl. The van der Waals surface area contributed by atoms with Crippen molar-refractivity contribution in [1.82, 2.24) is 5.32 Å². The number of anilines is 1. The van der Waals surface area contributed by atoms with Crippen molar-refractivity contribution in [3.63, 3.8) is 0 Å². The van der Waals surface area contributed by atoms with Crippen LogP contribution >= 0.6 is 35.4 Å². The lowest BCUT2D eigenvalue weighted by Crippen LogP contribution is -2.34. The summed E-state index contributed by atoms with van der Waals surface area (Å²) in [6.45, 7) is 2.53. The minimum absolute atomic E-state index is 0.0762. The van der Waals surface area contributed by atoms with Crippen LogP contribution in [-0.4, -0.2) is 23.5 Å². The number of ether oxygens (including phenoxy) is 1. The summed E-state index contributed by atoms with van der Waals surface area (Å²) in [6.07, 6.45) is 1.85. The highest BCUT2D eigenvalue weighted by molar-refractivity contribution is 7.80. The van der Waals surface area contributed by atoms with E-state index < -0.39 is 11.8 Å². The van der Waals surface area contributed by atoms with E-state index in [2.05, 4.69) is 10.6 Å². The Labute approximate surface area is 178 Å². The van der Waals surface area contributed by atoms with Crippen LogP contribution in [0.25, 0.3) is 0 Å². The Balaban J connectivity index is 2.01.